The molecule has 0 amide bonds. The fourth-order valence-electron chi connectivity index (χ4n) is 2.42. The van der Waals surface area contributed by atoms with Crippen molar-refractivity contribution in [3.05, 3.63) is 0 Å². The van der Waals surface area contributed by atoms with Crippen molar-refractivity contribution in [2.45, 2.75) is 64.5 Å². The van der Waals surface area contributed by atoms with Gasteiger partial charge in [0.15, 0.2) is 0 Å². The van der Waals surface area contributed by atoms with E-state index in [0.717, 1.165) is 19.3 Å². The van der Waals surface area contributed by atoms with Crippen LogP contribution >= 0.6 is 0 Å². The van der Waals surface area contributed by atoms with Crippen LogP contribution in [0.25, 0.3) is 0 Å². The van der Waals surface area contributed by atoms with E-state index in [1.54, 1.807) is 0 Å². The van der Waals surface area contributed by atoms with Crippen LogP contribution < -0.4 is 5.32 Å². The molecule has 1 saturated carbocycles. The average molecular weight is 227 g/mol. The first-order valence-corrected chi connectivity index (χ1v) is 6.53. The molecule has 0 bridgehead atoms. The highest BCUT2D eigenvalue weighted by molar-refractivity contribution is 5.76. The molecule has 2 unspecified atom stereocenters. The van der Waals surface area contributed by atoms with E-state index in [2.05, 4.69) is 19.2 Å². The molecule has 0 aromatic rings. The molecule has 0 aromatic carbocycles. The number of esters is 1. The topological polar surface area (TPSA) is 38.3 Å². The fraction of sp³-hybridized carbons (Fsp3) is 0.923. The summed E-state index contributed by atoms with van der Waals surface area (Å²) in [5, 5.41) is 3.41. The van der Waals surface area contributed by atoms with E-state index >= 15 is 0 Å². The Hall–Kier alpha value is -0.570. The molecule has 0 spiro atoms. The number of carbonyl (C=O) groups excluding carboxylic acids is 1. The number of methoxy groups -OCH3 is 1. The molecule has 0 heterocycles. The van der Waals surface area contributed by atoms with Gasteiger partial charge in [-0.15, -0.1) is 0 Å². The molecule has 1 N–H and O–H groups in total. The maximum Gasteiger partial charge on any atom is 0.323 e. The van der Waals surface area contributed by atoms with Gasteiger partial charge in [-0.2, -0.15) is 0 Å². The maximum absolute atomic E-state index is 11.8. The van der Waals surface area contributed by atoms with E-state index in [0.29, 0.717) is 12.0 Å². The van der Waals surface area contributed by atoms with Gasteiger partial charge in [0.2, 0.25) is 0 Å². The molecule has 1 rings (SSSR count). The highest BCUT2D eigenvalue weighted by Crippen LogP contribution is 2.27. The number of carbonyl (C=O) groups is 1. The molecule has 1 fully saturated rings. The Labute approximate surface area is 98.9 Å². The molecule has 0 aromatic heterocycles. The summed E-state index contributed by atoms with van der Waals surface area (Å²) >= 11 is 0. The highest BCUT2D eigenvalue weighted by atomic mass is 16.5. The van der Waals surface area contributed by atoms with Gasteiger partial charge in [-0.25, -0.2) is 0 Å². The first kappa shape index (κ1) is 13.5. The summed E-state index contributed by atoms with van der Waals surface area (Å²) < 4.78 is 4.91. The van der Waals surface area contributed by atoms with Crippen LogP contribution in [0.15, 0.2) is 0 Å². The van der Waals surface area contributed by atoms with Crippen molar-refractivity contribution in [1.82, 2.24) is 5.32 Å². The molecule has 1 aliphatic carbocycles. The molecule has 0 radical (unpaired) electrons. The van der Waals surface area contributed by atoms with Crippen LogP contribution in [-0.2, 0) is 9.53 Å². The van der Waals surface area contributed by atoms with Crippen LogP contribution in [0.4, 0.5) is 0 Å². The van der Waals surface area contributed by atoms with Crippen LogP contribution in [0.5, 0.6) is 0 Å². The average Bonchev–Trinajstić information content (AvgIpc) is 2.35. The zero-order valence-corrected chi connectivity index (χ0v) is 10.8. The minimum atomic E-state index is -0.0970. The molecule has 0 aliphatic heterocycles. The van der Waals surface area contributed by atoms with Crippen molar-refractivity contribution < 1.29 is 9.53 Å². The molecule has 0 saturated heterocycles. The molecule has 2 atom stereocenters. The highest BCUT2D eigenvalue weighted by Gasteiger charge is 2.30. The number of rotatable bonds is 5. The third-order valence-electron chi connectivity index (χ3n) is 3.65. The van der Waals surface area contributed by atoms with E-state index in [9.17, 15) is 4.79 Å². The van der Waals surface area contributed by atoms with Crippen LogP contribution in [0.1, 0.15) is 52.4 Å². The lowest BCUT2D eigenvalue weighted by Crippen LogP contribution is -2.47. The van der Waals surface area contributed by atoms with Gasteiger partial charge < -0.3 is 10.1 Å². The minimum Gasteiger partial charge on any atom is -0.468 e. The number of nitrogens with one attached hydrogen (secondary N) is 1. The van der Waals surface area contributed by atoms with Crippen molar-refractivity contribution in [1.29, 1.82) is 0 Å². The SMILES string of the molecule is CCC(C)NC(C(=O)OC)C1CCCCC1. The Morgan fingerprint density at radius 1 is 1.38 bits per heavy atom. The summed E-state index contributed by atoms with van der Waals surface area (Å²) in [7, 11) is 1.48. The van der Waals surface area contributed by atoms with Crippen LogP contribution in [0.3, 0.4) is 0 Å². The monoisotopic (exact) mass is 227 g/mol. The van der Waals surface area contributed by atoms with Crippen molar-refractivity contribution in [3.63, 3.8) is 0 Å². The van der Waals surface area contributed by atoms with Crippen LogP contribution in [0, 0.1) is 5.92 Å². The van der Waals surface area contributed by atoms with Gasteiger partial charge in [-0.3, -0.25) is 4.79 Å². The van der Waals surface area contributed by atoms with Crippen molar-refractivity contribution in [2.75, 3.05) is 7.11 Å². The van der Waals surface area contributed by atoms with Gasteiger partial charge in [0.05, 0.1) is 7.11 Å². The number of hydrogen-bond acceptors (Lipinski definition) is 3. The maximum atomic E-state index is 11.8. The molecule has 94 valence electrons. The van der Waals surface area contributed by atoms with Crippen molar-refractivity contribution in [2.24, 2.45) is 5.92 Å². The third-order valence-corrected chi connectivity index (χ3v) is 3.65. The number of hydrogen-bond donors (Lipinski definition) is 1. The lowest BCUT2D eigenvalue weighted by Gasteiger charge is -2.31. The lowest BCUT2D eigenvalue weighted by atomic mass is 9.83. The summed E-state index contributed by atoms with van der Waals surface area (Å²) in [5.41, 5.74) is 0. The standard InChI is InChI=1S/C13H25NO2/c1-4-10(2)14-12(13(15)16-3)11-8-6-5-7-9-11/h10-12,14H,4-9H2,1-3H3. The van der Waals surface area contributed by atoms with Crippen molar-refractivity contribution >= 4 is 5.97 Å². The second-order valence-electron chi connectivity index (χ2n) is 4.87. The van der Waals surface area contributed by atoms with E-state index in [1.165, 1.54) is 26.4 Å². The van der Waals surface area contributed by atoms with Gasteiger partial charge in [-0.1, -0.05) is 26.2 Å². The van der Waals surface area contributed by atoms with Crippen LogP contribution in [0.2, 0.25) is 0 Å². The Bertz CT molecular complexity index is 212. The Kier molecular flexibility index (Phi) is 5.81. The predicted octanol–water partition coefficient (Wildman–Crippen LogP) is 2.50. The zero-order valence-electron chi connectivity index (χ0n) is 10.8. The Morgan fingerprint density at radius 3 is 2.50 bits per heavy atom. The number of ether oxygens (including phenoxy) is 1. The van der Waals surface area contributed by atoms with Gasteiger partial charge in [-0.05, 0) is 32.1 Å². The second kappa shape index (κ2) is 6.89. The summed E-state index contributed by atoms with van der Waals surface area (Å²) in [6.07, 6.45) is 7.17. The summed E-state index contributed by atoms with van der Waals surface area (Å²) in [4.78, 5) is 11.8. The molecule has 3 nitrogen and oxygen atoms in total. The van der Waals surface area contributed by atoms with E-state index in [4.69, 9.17) is 4.74 Å². The summed E-state index contributed by atoms with van der Waals surface area (Å²) in [6, 6.07) is 0.284. The minimum absolute atomic E-state index is 0.0906. The van der Waals surface area contributed by atoms with Gasteiger partial charge in [0, 0.05) is 6.04 Å². The van der Waals surface area contributed by atoms with Gasteiger partial charge in [0.25, 0.3) is 0 Å². The third kappa shape index (κ3) is 3.78. The normalized spacial score (nSPS) is 21.4. The van der Waals surface area contributed by atoms with Crippen molar-refractivity contribution in [3.8, 4) is 0 Å². The summed E-state index contributed by atoms with van der Waals surface area (Å²) in [6.45, 7) is 4.26. The van der Waals surface area contributed by atoms with Gasteiger partial charge >= 0.3 is 5.97 Å². The van der Waals surface area contributed by atoms with E-state index in [-0.39, 0.29) is 12.0 Å². The summed E-state index contributed by atoms with van der Waals surface area (Å²) in [5.74, 6) is 0.377. The molecular weight excluding hydrogens is 202 g/mol. The fourth-order valence-corrected chi connectivity index (χ4v) is 2.42. The molecule has 1 aliphatic rings. The predicted molar refractivity (Wildman–Crippen MR) is 65.3 cm³/mol. The van der Waals surface area contributed by atoms with Crippen LogP contribution in [-0.4, -0.2) is 25.2 Å². The van der Waals surface area contributed by atoms with Gasteiger partial charge in [0.1, 0.15) is 6.04 Å². The van der Waals surface area contributed by atoms with E-state index in [1.807, 2.05) is 0 Å². The quantitative estimate of drug-likeness (QED) is 0.733. The molecule has 16 heavy (non-hydrogen) atoms. The van der Waals surface area contributed by atoms with E-state index < -0.39 is 0 Å². The first-order chi connectivity index (χ1) is 7.69. The Balaban J connectivity index is 2.58. The Morgan fingerprint density at radius 2 is 2.00 bits per heavy atom. The molecule has 3 heteroatoms. The largest absolute Gasteiger partial charge is 0.468 e. The first-order valence-electron chi connectivity index (χ1n) is 6.53. The zero-order chi connectivity index (χ0) is 12.0. The second-order valence-corrected chi connectivity index (χ2v) is 4.87. The molecular formula is C13H25NO2. The smallest absolute Gasteiger partial charge is 0.323 e. The lowest BCUT2D eigenvalue weighted by molar-refractivity contribution is -0.145.